The molecule has 1 N–H and O–H groups in total. The predicted octanol–water partition coefficient (Wildman–Crippen LogP) is 4.24. The number of rotatable bonds is 9. The van der Waals surface area contributed by atoms with Crippen molar-refractivity contribution in [2.45, 2.75) is 91.3 Å². The molecule has 2 aromatic rings. The largest absolute Gasteiger partial charge is 0.310 e. The molecule has 2 heterocycles. The van der Waals surface area contributed by atoms with Crippen LogP contribution in [0.15, 0.2) is 12.5 Å². The SMILES string of the molecule is CC(C)N(CCCCn1ncc2c(NC(=O)C3CCCCC3)ncnc21)C(C)C. The first-order chi connectivity index (χ1) is 14.0. The fourth-order valence-electron chi connectivity index (χ4n) is 4.41. The van der Waals surface area contributed by atoms with Crippen LogP contribution in [0.1, 0.15) is 72.6 Å². The Hall–Kier alpha value is -2.02. The standard InChI is InChI=1S/C22H36N6O/c1-16(2)27(17(3)4)12-8-9-13-28-21-19(14-25-28)20(23-15-24-21)26-22(29)18-10-6-5-7-11-18/h14-18H,5-13H2,1-4H3,(H,23,24,26,29). The number of carbonyl (C=O) groups excluding carboxylic acids is 1. The molecule has 160 valence electrons. The van der Waals surface area contributed by atoms with Crippen LogP contribution in [0.5, 0.6) is 0 Å². The van der Waals surface area contributed by atoms with Gasteiger partial charge in [-0.2, -0.15) is 5.10 Å². The number of aromatic nitrogens is 4. The van der Waals surface area contributed by atoms with Crippen LogP contribution >= 0.6 is 0 Å². The number of carbonyl (C=O) groups is 1. The fourth-order valence-corrected chi connectivity index (χ4v) is 4.41. The highest BCUT2D eigenvalue weighted by Crippen LogP contribution is 2.26. The number of anilines is 1. The predicted molar refractivity (Wildman–Crippen MR) is 117 cm³/mol. The van der Waals surface area contributed by atoms with Gasteiger partial charge in [0.15, 0.2) is 5.65 Å². The van der Waals surface area contributed by atoms with Crippen molar-refractivity contribution in [2.24, 2.45) is 5.92 Å². The van der Waals surface area contributed by atoms with Crippen LogP contribution < -0.4 is 5.32 Å². The first kappa shape index (κ1) is 21.7. The van der Waals surface area contributed by atoms with Crippen LogP contribution in [-0.2, 0) is 11.3 Å². The van der Waals surface area contributed by atoms with E-state index in [4.69, 9.17) is 0 Å². The molecule has 3 rings (SSSR count). The van der Waals surface area contributed by atoms with Crippen molar-refractivity contribution in [2.75, 3.05) is 11.9 Å². The summed E-state index contributed by atoms with van der Waals surface area (Å²) in [5.74, 6) is 0.774. The molecule has 0 atom stereocenters. The molecule has 7 heteroatoms. The highest BCUT2D eigenvalue weighted by atomic mass is 16.1. The summed E-state index contributed by atoms with van der Waals surface area (Å²) in [7, 11) is 0. The monoisotopic (exact) mass is 400 g/mol. The number of aryl methyl sites for hydroxylation is 1. The van der Waals surface area contributed by atoms with Gasteiger partial charge in [-0.1, -0.05) is 19.3 Å². The maximum absolute atomic E-state index is 12.6. The van der Waals surface area contributed by atoms with E-state index < -0.39 is 0 Å². The number of unbranched alkanes of at least 4 members (excludes halogenated alkanes) is 1. The van der Waals surface area contributed by atoms with Gasteiger partial charge >= 0.3 is 0 Å². The fraction of sp³-hybridized carbons (Fsp3) is 0.727. The highest BCUT2D eigenvalue weighted by molar-refractivity contribution is 5.99. The van der Waals surface area contributed by atoms with E-state index in [1.54, 1.807) is 6.20 Å². The van der Waals surface area contributed by atoms with E-state index in [0.29, 0.717) is 17.9 Å². The Labute approximate surface area is 174 Å². The van der Waals surface area contributed by atoms with Gasteiger partial charge in [0, 0.05) is 24.5 Å². The molecular formula is C22H36N6O. The number of amides is 1. The molecule has 0 aromatic carbocycles. The summed E-state index contributed by atoms with van der Waals surface area (Å²) in [6, 6.07) is 1.12. The molecule has 1 aliphatic carbocycles. The van der Waals surface area contributed by atoms with Gasteiger partial charge in [-0.05, 0) is 59.9 Å². The molecule has 7 nitrogen and oxygen atoms in total. The molecule has 29 heavy (non-hydrogen) atoms. The molecule has 0 bridgehead atoms. The lowest BCUT2D eigenvalue weighted by atomic mass is 9.89. The van der Waals surface area contributed by atoms with E-state index in [9.17, 15) is 4.79 Å². The summed E-state index contributed by atoms with van der Waals surface area (Å²) < 4.78 is 1.93. The van der Waals surface area contributed by atoms with Crippen LogP contribution in [-0.4, -0.2) is 49.2 Å². The molecule has 0 unspecified atom stereocenters. The first-order valence-corrected chi connectivity index (χ1v) is 11.2. The Morgan fingerprint density at radius 2 is 1.86 bits per heavy atom. The zero-order chi connectivity index (χ0) is 20.8. The van der Waals surface area contributed by atoms with Crippen LogP contribution in [0.25, 0.3) is 11.0 Å². The van der Waals surface area contributed by atoms with Gasteiger partial charge in [-0.25, -0.2) is 14.6 Å². The quantitative estimate of drug-likeness (QED) is 0.637. The molecule has 1 saturated carbocycles. The average Bonchev–Trinajstić information content (AvgIpc) is 3.12. The molecule has 0 aliphatic heterocycles. The molecule has 0 spiro atoms. The third kappa shape index (κ3) is 5.53. The second kappa shape index (κ2) is 10.1. The number of nitrogens with zero attached hydrogens (tertiary/aromatic N) is 5. The summed E-state index contributed by atoms with van der Waals surface area (Å²) >= 11 is 0. The smallest absolute Gasteiger partial charge is 0.228 e. The normalized spacial score (nSPS) is 15.7. The lowest BCUT2D eigenvalue weighted by Gasteiger charge is -2.30. The zero-order valence-corrected chi connectivity index (χ0v) is 18.4. The Morgan fingerprint density at radius 1 is 1.14 bits per heavy atom. The van der Waals surface area contributed by atoms with Crippen molar-refractivity contribution in [3.05, 3.63) is 12.5 Å². The highest BCUT2D eigenvalue weighted by Gasteiger charge is 2.22. The van der Waals surface area contributed by atoms with Gasteiger partial charge in [0.25, 0.3) is 0 Å². The second-order valence-electron chi connectivity index (χ2n) is 8.78. The average molecular weight is 401 g/mol. The van der Waals surface area contributed by atoms with Crippen molar-refractivity contribution in [3.8, 4) is 0 Å². The minimum atomic E-state index is 0.0833. The minimum absolute atomic E-state index is 0.0833. The van der Waals surface area contributed by atoms with Crippen LogP contribution in [0, 0.1) is 5.92 Å². The van der Waals surface area contributed by atoms with Crippen LogP contribution in [0.3, 0.4) is 0 Å². The summed E-state index contributed by atoms with van der Waals surface area (Å²) in [4.78, 5) is 23.8. The van der Waals surface area contributed by atoms with Gasteiger partial charge in [0.2, 0.25) is 5.91 Å². The molecule has 1 aliphatic rings. The summed E-state index contributed by atoms with van der Waals surface area (Å²) in [6.45, 7) is 10.9. The van der Waals surface area contributed by atoms with E-state index in [0.717, 1.165) is 62.6 Å². The van der Waals surface area contributed by atoms with E-state index >= 15 is 0 Å². The minimum Gasteiger partial charge on any atom is -0.310 e. The van der Waals surface area contributed by atoms with Gasteiger partial charge in [0.1, 0.15) is 12.1 Å². The molecule has 1 amide bonds. The Kier molecular flexibility index (Phi) is 7.58. The van der Waals surface area contributed by atoms with Crippen LogP contribution in [0.2, 0.25) is 0 Å². The number of hydrogen-bond acceptors (Lipinski definition) is 5. The molecule has 1 fully saturated rings. The Morgan fingerprint density at radius 3 is 2.55 bits per heavy atom. The van der Waals surface area contributed by atoms with Crippen molar-refractivity contribution in [1.29, 1.82) is 0 Å². The maximum atomic E-state index is 12.6. The van der Waals surface area contributed by atoms with Crippen molar-refractivity contribution in [3.63, 3.8) is 0 Å². The zero-order valence-electron chi connectivity index (χ0n) is 18.4. The summed E-state index contributed by atoms with van der Waals surface area (Å²) in [6.07, 6.45) is 10.9. The van der Waals surface area contributed by atoms with Crippen molar-refractivity contribution < 1.29 is 4.79 Å². The Bertz CT molecular complexity index is 786. The summed E-state index contributed by atoms with van der Waals surface area (Å²) in [5, 5.41) is 8.36. The van der Waals surface area contributed by atoms with Gasteiger partial charge in [0.05, 0.1) is 11.6 Å². The lowest BCUT2D eigenvalue weighted by molar-refractivity contribution is -0.120. The first-order valence-electron chi connectivity index (χ1n) is 11.2. The van der Waals surface area contributed by atoms with Crippen LogP contribution in [0.4, 0.5) is 5.82 Å². The van der Waals surface area contributed by atoms with Gasteiger partial charge in [-0.15, -0.1) is 0 Å². The van der Waals surface area contributed by atoms with E-state index in [-0.39, 0.29) is 11.8 Å². The molecule has 0 radical (unpaired) electrons. The van der Waals surface area contributed by atoms with E-state index in [2.05, 4.69) is 53.0 Å². The second-order valence-corrected chi connectivity index (χ2v) is 8.78. The van der Waals surface area contributed by atoms with E-state index in [1.165, 1.54) is 12.7 Å². The van der Waals surface area contributed by atoms with E-state index in [1.807, 2.05) is 4.68 Å². The topological polar surface area (TPSA) is 75.9 Å². The number of hydrogen-bond donors (Lipinski definition) is 1. The van der Waals surface area contributed by atoms with Gasteiger partial charge < -0.3 is 5.32 Å². The maximum Gasteiger partial charge on any atom is 0.228 e. The third-order valence-electron chi connectivity index (χ3n) is 6.01. The molecular weight excluding hydrogens is 364 g/mol. The Balaban J connectivity index is 1.60. The molecule has 2 aromatic heterocycles. The van der Waals surface area contributed by atoms with Gasteiger partial charge in [-0.3, -0.25) is 9.69 Å². The number of nitrogens with one attached hydrogen (secondary N) is 1. The molecule has 0 saturated heterocycles. The number of fused-ring (bicyclic) bond motifs is 1. The lowest BCUT2D eigenvalue weighted by Crippen LogP contribution is -2.37. The summed E-state index contributed by atoms with van der Waals surface area (Å²) in [5.41, 5.74) is 0.795. The van der Waals surface area contributed by atoms with Crippen molar-refractivity contribution >= 4 is 22.8 Å². The third-order valence-corrected chi connectivity index (χ3v) is 6.01. The van der Waals surface area contributed by atoms with Crippen molar-refractivity contribution in [1.82, 2.24) is 24.6 Å².